The fourth-order valence-electron chi connectivity index (χ4n) is 2.93. The molecular weight excluding hydrogens is 374 g/mol. The lowest BCUT2D eigenvalue weighted by atomic mass is 10.0. The van der Waals surface area contributed by atoms with Gasteiger partial charge in [-0.15, -0.1) is 0 Å². The van der Waals surface area contributed by atoms with Crippen molar-refractivity contribution in [3.05, 3.63) is 53.9 Å². The van der Waals surface area contributed by atoms with Crippen molar-refractivity contribution in [2.24, 2.45) is 5.92 Å². The zero-order valence-electron chi connectivity index (χ0n) is 17.1. The molecule has 3 atom stereocenters. The predicted molar refractivity (Wildman–Crippen MR) is 107 cm³/mol. The van der Waals surface area contributed by atoms with Crippen LogP contribution in [0.1, 0.15) is 36.3 Å². The van der Waals surface area contributed by atoms with Crippen molar-refractivity contribution in [2.45, 2.75) is 38.9 Å². The summed E-state index contributed by atoms with van der Waals surface area (Å²) in [5.74, 6) is -1.87. The van der Waals surface area contributed by atoms with Crippen molar-refractivity contribution >= 4 is 11.8 Å². The molecule has 1 N–H and O–H groups in total. The number of aromatic nitrogens is 1. The number of nitrogens with zero attached hydrogens (tertiary/aromatic N) is 1. The number of benzene rings is 1. The van der Waals surface area contributed by atoms with Crippen LogP contribution in [0.15, 0.2) is 42.6 Å². The summed E-state index contributed by atoms with van der Waals surface area (Å²) in [6.07, 6.45) is 1.02. The number of pyridine rings is 1. The number of ether oxygens (including phenoxy) is 3. The summed E-state index contributed by atoms with van der Waals surface area (Å²) in [6.45, 7) is 3.36. The first-order chi connectivity index (χ1) is 13.9. The smallest absolute Gasteiger partial charge is 0.309 e. The van der Waals surface area contributed by atoms with Crippen LogP contribution in [0.5, 0.6) is 11.5 Å². The number of esters is 1. The maximum atomic E-state index is 12.5. The van der Waals surface area contributed by atoms with Crippen LogP contribution in [-0.2, 0) is 20.7 Å². The van der Waals surface area contributed by atoms with E-state index in [1.165, 1.54) is 19.4 Å². The van der Waals surface area contributed by atoms with E-state index in [4.69, 9.17) is 14.2 Å². The van der Waals surface area contributed by atoms with Gasteiger partial charge in [-0.3, -0.25) is 9.59 Å². The van der Waals surface area contributed by atoms with E-state index in [2.05, 4.69) is 4.98 Å². The normalized spacial score (nSPS) is 13.9. The standard InChI is InChI=1S/C22H27NO6/c1-14(12-17(24)20-21(25)18(27-3)10-11-23-20)22(26)29-15(2)19(28-4)13-16-8-6-5-7-9-16/h5-11,14-15,19,25H,12-13H2,1-4H3/t14-,15+,19-/m1/s1. The average molecular weight is 401 g/mol. The van der Waals surface area contributed by atoms with Crippen LogP contribution < -0.4 is 4.74 Å². The summed E-state index contributed by atoms with van der Waals surface area (Å²) in [4.78, 5) is 28.8. The molecule has 0 radical (unpaired) electrons. The molecule has 0 aliphatic carbocycles. The molecule has 156 valence electrons. The van der Waals surface area contributed by atoms with Crippen molar-refractivity contribution in [2.75, 3.05) is 14.2 Å². The van der Waals surface area contributed by atoms with Crippen molar-refractivity contribution < 1.29 is 28.9 Å². The van der Waals surface area contributed by atoms with Crippen LogP contribution in [0.2, 0.25) is 0 Å². The summed E-state index contributed by atoms with van der Waals surface area (Å²) >= 11 is 0. The summed E-state index contributed by atoms with van der Waals surface area (Å²) in [6, 6.07) is 11.2. The van der Waals surface area contributed by atoms with Crippen molar-refractivity contribution in [3.8, 4) is 11.5 Å². The van der Waals surface area contributed by atoms with E-state index >= 15 is 0 Å². The van der Waals surface area contributed by atoms with E-state index in [0.717, 1.165) is 5.56 Å². The lowest BCUT2D eigenvalue weighted by Gasteiger charge is -2.24. The number of Topliss-reactive ketones (excluding diaryl/α,β-unsaturated/α-hetero) is 1. The zero-order valence-corrected chi connectivity index (χ0v) is 17.1. The second-order valence-electron chi connectivity index (χ2n) is 6.84. The van der Waals surface area contributed by atoms with Gasteiger partial charge >= 0.3 is 5.97 Å². The molecule has 1 heterocycles. The second kappa shape index (κ2) is 10.6. The highest BCUT2D eigenvalue weighted by Crippen LogP contribution is 2.29. The third kappa shape index (κ3) is 6.02. The second-order valence-corrected chi connectivity index (χ2v) is 6.84. The van der Waals surface area contributed by atoms with Crippen LogP contribution in [0.3, 0.4) is 0 Å². The Morgan fingerprint density at radius 1 is 1.10 bits per heavy atom. The van der Waals surface area contributed by atoms with Crippen molar-refractivity contribution in [1.82, 2.24) is 4.98 Å². The Hall–Kier alpha value is -2.93. The summed E-state index contributed by atoms with van der Waals surface area (Å²) in [5, 5.41) is 10.1. The largest absolute Gasteiger partial charge is 0.503 e. The van der Waals surface area contributed by atoms with Gasteiger partial charge < -0.3 is 19.3 Å². The van der Waals surface area contributed by atoms with Gasteiger partial charge in [0.1, 0.15) is 6.10 Å². The first-order valence-corrected chi connectivity index (χ1v) is 9.39. The van der Waals surface area contributed by atoms with Crippen molar-refractivity contribution in [3.63, 3.8) is 0 Å². The highest BCUT2D eigenvalue weighted by Gasteiger charge is 2.27. The molecule has 2 rings (SSSR count). The maximum Gasteiger partial charge on any atom is 0.309 e. The lowest BCUT2D eigenvalue weighted by molar-refractivity contribution is -0.159. The molecule has 7 nitrogen and oxygen atoms in total. The molecule has 0 unspecified atom stereocenters. The third-order valence-electron chi connectivity index (χ3n) is 4.67. The molecule has 0 saturated heterocycles. The minimum Gasteiger partial charge on any atom is -0.503 e. The Bertz CT molecular complexity index is 823. The number of carbonyl (C=O) groups is 2. The van der Waals surface area contributed by atoms with Gasteiger partial charge in [0.15, 0.2) is 23.0 Å². The highest BCUT2D eigenvalue weighted by molar-refractivity contribution is 5.99. The molecule has 1 aromatic heterocycles. The Morgan fingerprint density at radius 2 is 1.79 bits per heavy atom. The van der Waals surface area contributed by atoms with Gasteiger partial charge in [-0.1, -0.05) is 37.3 Å². The van der Waals surface area contributed by atoms with E-state index in [1.807, 2.05) is 30.3 Å². The number of aromatic hydroxyl groups is 1. The van der Waals surface area contributed by atoms with Gasteiger partial charge in [0, 0.05) is 32.2 Å². The summed E-state index contributed by atoms with van der Waals surface area (Å²) in [7, 11) is 2.95. The van der Waals surface area contributed by atoms with Crippen LogP contribution in [-0.4, -0.2) is 48.3 Å². The fraction of sp³-hybridized carbons (Fsp3) is 0.409. The topological polar surface area (TPSA) is 95.0 Å². The fourth-order valence-corrected chi connectivity index (χ4v) is 2.93. The molecule has 0 saturated carbocycles. The summed E-state index contributed by atoms with van der Waals surface area (Å²) < 4.78 is 16.0. The molecule has 0 spiro atoms. The molecule has 0 aliphatic heterocycles. The predicted octanol–water partition coefficient (Wildman–Crippen LogP) is 3.19. The lowest BCUT2D eigenvalue weighted by Crippen LogP contribution is -2.34. The first-order valence-electron chi connectivity index (χ1n) is 9.39. The van der Waals surface area contributed by atoms with E-state index < -0.39 is 23.8 Å². The van der Waals surface area contributed by atoms with E-state index in [1.54, 1.807) is 21.0 Å². The number of ketones is 1. The molecule has 1 aromatic carbocycles. The van der Waals surface area contributed by atoms with Crippen LogP contribution in [0.25, 0.3) is 0 Å². The summed E-state index contributed by atoms with van der Waals surface area (Å²) in [5.41, 5.74) is 0.945. The van der Waals surface area contributed by atoms with Crippen LogP contribution in [0, 0.1) is 5.92 Å². The van der Waals surface area contributed by atoms with Crippen molar-refractivity contribution in [1.29, 1.82) is 0 Å². The molecule has 0 aliphatic rings. The maximum absolute atomic E-state index is 12.5. The molecule has 29 heavy (non-hydrogen) atoms. The number of methoxy groups -OCH3 is 2. The highest BCUT2D eigenvalue weighted by atomic mass is 16.6. The number of hydrogen-bond donors (Lipinski definition) is 1. The third-order valence-corrected chi connectivity index (χ3v) is 4.67. The SMILES string of the molecule is COc1ccnc(C(=O)C[C@@H](C)C(=O)O[C@@H](C)[C@@H](Cc2ccccc2)OC)c1O. The minimum absolute atomic E-state index is 0.129. The number of rotatable bonds is 10. The van der Waals surface area contributed by atoms with E-state index in [9.17, 15) is 14.7 Å². The minimum atomic E-state index is -0.702. The van der Waals surface area contributed by atoms with Gasteiger partial charge in [0.05, 0.1) is 19.1 Å². The molecule has 0 amide bonds. The van der Waals surface area contributed by atoms with Gasteiger partial charge in [-0.05, 0) is 12.5 Å². The Labute approximate surface area is 170 Å². The molecular formula is C22H27NO6. The molecule has 0 bridgehead atoms. The quantitative estimate of drug-likeness (QED) is 0.482. The average Bonchev–Trinajstić information content (AvgIpc) is 2.72. The van der Waals surface area contributed by atoms with Gasteiger partial charge in [-0.25, -0.2) is 4.98 Å². The number of carbonyl (C=O) groups excluding carboxylic acids is 2. The van der Waals surface area contributed by atoms with Crippen LogP contribution >= 0.6 is 0 Å². The monoisotopic (exact) mass is 401 g/mol. The van der Waals surface area contributed by atoms with Gasteiger partial charge in [0.2, 0.25) is 0 Å². The Balaban J connectivity index is 1.96. The Morgan fingerprint density at radius 3 is 2.41 bits per heavy atom. The first kappa shape index (κ1) is 22.4. The van der Waals surface area contributed by atoms with E-state index in [-0.39, 0.29) is 29.7 Å². The molecule has 0 fully saturated rings. The van der Waals surface area contributed by atoms with E-state index in [0.29, 0.717) is 6.42 Å². The zero-order chi connectivity index (χ0) is 21.4. The number of hydrogen-bond acceptors (Lipinski definition) is 7. The van der Waals surface area contributed by atoms with Gasteiger partial charge in [-0.2, -0.15) is 0 Å². The Kier molecular flexibility index (Phi) is 8.15. The van der Waals surface area contributed by atoms with Gasteiger partial charge in [0.25, 0.3) is 0 Å². The molecule has 2 aromatic rings. The molecule has 7 heteroatoms. The van der Waals surface area contributed by atoms with Crippen LogP contribution in [0.4, 0.5) is 0 Å².